The standard InChI is InChI=1S/C13H17BrN2O2.ClH/c1-18-10-4-5-11(14)12(7-10)16-13(17)9-3-2-6-15-8-9;/h4-5,7,9,15H,2-3,6,8H2,1H3,(H,16,17);1H/t9-;/m1./s1. The number of piperidine rings is 1. The summed E-state index contributed by atoms with van der Waals surface area (Å²) in [6.07, 6.45) is 2.00. The molecule has 0 aromatic heterocycles. The van der Waals surface area contributed by atoms with Gasteiger partial charge in [0.15, 0.2) is 0 Å². The van der Waals surface area contributed by atoms with Crippen molar-refractivity contribution < 1.29 is 9.53 Å². The number of hydrogen-bond donors (Lipinski definition) is 2. The van der Waals surface area contributed by atoms with Crippen molar-refractivity contribution in [1.29, 1.82) is 0 Å². The molecule has 1 aromatic carbocycles. The molecule has 0 radical (unpaired) electrons. The van der Waals surface area contributed by atoms with Crippen molar-refractivity contribution in [2.45, 2.75) is 12.8 Å². The highest BCUT2D eigenvalue weighted by atomic mass is 79.9. The van der Waals surface area contributed by atoms with Crippen LogP contribution in [0.2, 0.25) is 0 Å². The highest BCUT2D eigenvalue weighted by Gasteiger charge is 2.21. The maximum absolute atomic E-state index is 12.1. The summed E-state index contributed by atoms with van der Waals surface area (Å²) >= 11 is 3.43. The number of halogens is 2. The van der Waals surface area contributed by atoms with Gasteiger partial charge < -0.3 is 15.4 Å². The van der Waals surface area contributed by atoms with Crippen molar-refractivity contribution in [1.82, 2.24) is 5.32 Å². The first-order chi connectivity index (χ1) is 8.70. The molecule has 1 saturated heterocycles. The SMILES string of the molecule is COc1ccc(Br)c(NC(=O)[C@@H]2CCCNC2)c1.Cl. The number of amides is 1. The molecule has 19 heavy (non-hydrogen) atoms. The predicted octanol–water partition coefficient (Wildman–Crippen LogP) is 2.82. The molecule has 1 aliphatic rings. The molecule has 0 saturated carbocycles. The molecule has 1 heterocycles. The zero-order valence-corrected chi connectivity index (χ0v) is 13.1. The molecular formula is C13H18BrClN2O2. The minimum atomic E-state index is 0. The Balaban J connectivity index is 0.00000180. The van der Waals surface area contributed by atoms with E-state index in [1.165, 1.54) is 0 Å². The molecule has 6 heteroatoms. The Morgan fingerprint density at radius 1 is 1.53 bits per heavy atom. The van der Waals surface area contributed by atoms with E-state index in [9.17, 15) is 4.79 Å². The topological polar surface area (TPSA) is 50.4 Å². The first kappa shape index (κ1) is 16.3. The lowest BCUT2D eigenvalue weighted by Gasteiger charge is -2.22. The van der Waals surface area contributed by atoms with Crippen molar-refractivity contribution in [3.63, 3.8) is 0 Å². The molecular weight excluding hydrogens is 332 g/mol. The Morgan fingerprint density at radius 3 is 2.95 bits per heavy atom. The van der Waals surface area contributed by atoms with Gasteiger partial charge in [-0.2, -0.15) is 0 Å². The highest BCUT2D eigenvalue weighted by Crippen LogP contribution is 2.27. The summed E-state index contributed by atoms with van der Waals surface area (Å²) in [5.74, 6) is 0.850. The van der Waals surface area contributed by atoms with Crippen LogP contribution in [0.3, 0.4) is 0 Å². The van der Waals surface area contributed by atoms with Crippen molar-refractivity contribution in [3.05, 3.63) is 22.7 Å². The second-order valence-corrected chi connectivity index (χ2v) is 5.23. The largest absolute Gasteiger partial charge is 0.497 e. The molecule has 2 N–H and O–H groups in total. The lowest BCUT2D eigenvalue weighted by molar-refractivity contribution is -0.120. The Bertz CT molecular complexity index is 437. The molecule has 106 valence electrons. The van der Waals surface area contributed by atoms with Crippen LogP contribution in [-0.2, 0) is 4.79 Å². The van der Waals surface area contributed by atoms with Crippen LogP contribution in [0.15, 0.2) is 22.7 Å². The molecule has 1 amide bonds. The minimum Gasteiger partial charge on any atom is -0.497 e. The normalized spacial score (nSPS) is 18.3. The smallest absolute Gasteiger partial charge is 0.228 e. The number of anilines is 1. The number of carbonyl (C=O) groups excluding carboxylic acids is 1. The number of hydrogen-bond acceptors (Lipinski definition) is 3. The number of rotatable bonds is 3. The van der Waals surface area contributed by atoms with Gasteiger partial charge in [-0.05, 0) is 47.4 Å². The predicted molar refractivity (Wildman–Crippen MR) is 82.2 cm³/mol. The van der Waals surface area contributed by atoms with E-state index in [0.717, 1.165) is 41.8 Å². The van der Waals surface area contributed by atoms with E-state index in [2.05, 4.69) is 26.6 Å². The van der Waals surface area contributed by atoms with Gasteiger partial charge in [0, 0.05) is 17.1 Å². The Labute approximate surface area is 127 Å². The lowest BCUT2D eigenvalue weighted by Crippen LogP contribution is -2.37. The van der Waals surface area contributed by atoms with Gasteiger partial charge in [-0.15, -0.1) is 12.4 Å². The van der Waals surface area contributed by atoms with E-state index >= 15 is 0 Å². The molecule has 2 rings (SSSR count). The number of methoxy groups -OCH3 is 1. The molecule has 4 nitrogen and oxygen atoms in total. The van der Waals surface area contributed by atoms with Crippen LogP contribution >= 0.6 is 28.3 Å². The van der Waals surface area contributed by atoms with Gasteiger partial charge in [0.1, 0.15) is 5.75 Å². The van der Waals surface area contributed by atoms with Gasteiger partial charge in [0.05, 0.1) is 18.7 Å². The molecule has 1 aromatic rings. The van der Waals surface area contributed by atoms with Crippen LogP contribution in [0.4, 0.5) is 5.69 Å². The fourth-order valence-electron chi connectivity index (χ4n) is 2.04. The summed E-state index contributed by atoms with van der Waals surface area (Å²) in [5, 5.41) is 6.19. The van der Waals surface area contributed by atoms with Gasteiger partial charge in [0.25, 0.3) is 0 Å². The molecule has 0 aliphatic carbocycles. The van der Waals surface area contributed by atoms with Crippen molar-refractivity contribution in [3.8, 4) is 5.75 Å². The molecule has 0 bridgehead atoms. The van der Waals surface area contributed by atoms with Gasteiger partial charge in [-0.3, -0.25) is 4.79 Å². The summed E-state index contributed by atoms with van der Waals surface area (Å²) in [7, 11) is 1.61. The van der Waals surface area contributed by atoms with Gasteiger partial charge >= 0.3 is 0 Å². The molecule has 1 aliphatic heterocycles. The maximum Gasteiger partial charge on any atom is 0.228 e. The first-order valence-electron chi connectivity index (χ1n) is 6.06. The number of ether oxygens (including phenoxy) is 1. The minimum absolute atomic E-state index is 0. The molecule has 1 fully saturated rings. The van der Waals surface area contributed by atoms with E-state index in [-0.39, 0.29) is 24.2 Å². The number of carbonyl (C=O) groups is 1. The second kappa shape index (κ2) is 7.72. The zero-order chi connectivity index (χ0) is 13.0. The van der Waals surface area contributed by atoms with Crippen molar-refractivity contribution in [2.75, 3.05) is 25.5 Å². The first-order valence-corrected chi connectivity index (χ1v) is 6.85. The highest BCUT2D eigenvalue weighted by molar-refractivity contribution is 9.10. The van der Waals surface area contributed by atoms with E-state index in [1.54, 1.807) is 7.11 Å². The van der Waals surface area contributed by atoms with Crippen LogP contribution in [0.25, 0.3) is 0 Å². The third-order valence-electron chi connectivity index (χ3n) is 3.10. The Hall–Kier alpha value is -0.780. The van der Waals surface area contributed by atoms with E-state index in [1.807, 2.05) is 18.2 Å². The van der Waals surface area contributed by atoms with Gasteiger partial charge in [-0.1, -0.05) is 0 Å². The fraction of sp³-hybridized carbons (Fsp3) is 0.462. The van der Waals surface area contributed by atoms with Gasteiger partial charge in [-0.25, -0.2) is 0 Å². The summed E-state index contributed by atoms with van der Waals surface area (Å²) in [6.45, 7) is 1.76. The molecule has 0 unspecified atom stereocenters. The quantitative estimate of drug-likeness (QED) is 0.882. The Morgan fingerprint density at radius 2 is 2.32 bits per heavy atom. The zero-order valence-electron chi connectivity index (χ0n) is 10.7. The third kappa shape index (κ3) is 4.37. The van der Waals surface area contributed by atoms with Crippen molar-refractivity contribution in [2.24, 2.45) is 5.92 Å². The van der Waals surface area contributed by atoms with Gasteiger partial charge in [0.2, 0.25) is 5.91 Å². The van der Waals surface area contributed by atoms with Crippen LogP contribution in [0.5, 0.6) is 5.75 Å². The molecule has 0 spiro atoms. The average molecular weight is 350 g/mol. The maximum atomic E-state index is 12.1. The van der Waals surface area contributed by atoms with Crippen LogP contribution < -0.4 is 15.4 Å². The van der Waals surface area contributed by atoms with E-state index in [4.69, 9.17) is 4.74 Å². The van der Waals surface area contributed by atoms with E-state index < -0.39 is 0 Å². The van der Waals surface area contributed by atoms with E-state index in [0.29, 0.717) is 0 Å². The molecule has 1 atom stereocenters. The monoisotopic (exact) mass is 348 g/mol. The Kier molecular flexibility index (Phi) is 6.62. The second-order valence-electron chi connectivity index (χ2n) is 4.38. The summed E-state index contributed by atoms with van der Waals surface area (Å²) in [5.41, 5.74) is 0.755. The summed E-state index contributed by atoms with van der Waals surface area (Å²) in [4.78, 5) is 12.1. The van der Waals surface area contributed by atoms with Crippen LogP contribution in [0.1, 0.15) is 12.8 Å². The third-order valence-corrected chi connectivity index (χ3v) is 3.79. The van der Waals surface area contributed by atoms with Crippen LogP contribution in [0, 0.1) is 5.92 Å². The summed E-state index contributed by atoms with van der Waals surface area (Å²) < 4.78 is 6.01. The average Bonchev–Trinajstić information content (AvgIpc) is 2.42. The fourth-order valence-corrected chi connectivity index (χ4v) is 2.38. The number of nitrogens with one attached hydrogen (secondary N) is 2. The van der Waals surface area contributed by atoms with Crippen LogP contribution in [-0.4, -0.2) is 26.1 Å². The lowest BCUT2D eigenvalue weighted by atomic mass is 9.99. The summed E-state index contributed by atoms with van der Waals surface area (Å²) in [6, 6.07) is 5.54. The number of benzene rings is 1. The van der Waals surface area contributed by atoms with Crippen molar-refractivity contribution >= 4 is 39.9 Å².